The molecule has 1 aliphatic heterocycles. The van der Waals surface area contributed by atoms with E-state index in [1.807, 2.05) is 18.2 Å². The lowest BCUT2D eigenvalue weighted by Gasteiger charge is -2.00. The molecule has 0 N–H and O–H groups in total. The molecular weight excluding hydrogens is 268 g/mol. The summed E-state index contributed by atoms with van der Waals surface area (Å²) in [5.41, 5.74) is 0.646. The first kappa shape index (κ1) is 11.4. The number of pyridine rings is 1. The van der Waals surface area contributed by atoms with Crippen LogP contribution >= 0.6 is 11.8 Å². The van der Waals surface area contributed by atoms with Crippen molar-refractivity contribution in [2.45, 2.75) is 9.92 Å². The Morgan fingerprint density at radius 3 is 2.56 bits per heavy atom. The first-order valence-corrected chi connectivity index (χ1v) is 7.46. The number of rotatable bonds is 1. The van der Waals surface area contributed by atoms with Crippen LogP contribution in [0.25, 0.3) is 0 Å². The molecule has 0 saturated carbocycles. The lowest BCUT2D eigenvalue weighted by atomic mass is 10.2. The van der Waals surface area contributed by atoms with Gasteiger partial charge in [0, 0.05) is 11.8 Å². The van der Waals surface area contributed by atoms with Gasteiger partial charge in [-0.3, -0.25) is 0 Å². The standard InChI is InChI=1S/C12H8N2O2S2/c15-18(16)10-6-2-1-5-9(10)12(14-18)17-11-7-3-4-8-13-11/h1-8H. The molecule has 4 nitrogen and oxygen atoms in total. The summed E-state index contributed by atoms with van der Waals surface area (Å²) >= 11 is 1.26. The van der Waals surface area contributed by atoms with Gasteiger partial charge in [0.15, 0.2) is 0 Å². The number of aromatic nitrogens is 1. The Hall–Kier alpha value is -1.66. The molecule has 6 heteroatoms. The molecule has 0 unspecified atom stereocenters. The van der Waals surface area contributed by atoms with Crippen molar-refractivity contribution in [1.29, 1.82) is 0 Å². The molecule has 0 aliphatic carbocycles. The van der Waals surface area contributed by atoms with Crippen molar-refractivity contribution in [3.63, 3.8) is 0 Å². The van der Waals surface area contributed by atoms with E-state index in [4.69, 9.17) is 0 Å². The van der Waals surface area contributed by atoms with Gasteiger partial charge in [-0.15, -0.1) is 0 Å². The van der Waals surface area contributed by atoms with Crippen LogP contribution in [-0.4, -0.2) is 18.4 Å². The van der Waals surface area contributed by atoms with Gasteiger partial charge in [0.2, 0.25) is 0 Å². The predicted molar refractivity (Wildman–Crippen MR) is 70.3 cm³/mol. The average Bonchev–Trinajstić information content (AvgIpc) is 2.63. The Morgan fingerprint density at radius 2 is 1.78 bits per heavy atom. The summed E-state index contributed by atoms with van der Waals surface area (Å²) in [5.74, 6) is 0. The third-order valence-electron chi connectivity index (χ3n) is 2.44. The predicted octanol–water partition coefficient (Wildman–Crippen LogP) is 2.32. The second kappa shape index (κ2) is 4.22. The minimum Gasteiger partial charge on any atom is -0.250 e. The Labute approximate surface area is 109 Å². The quantitative estimate of drug-likeness (QED) is 0.802. The van der Waals surface area contributed by atoms with Crippen LogP contribution in [0.3, 0.4) is 0 Å². The molecule has 0 saturated heterocycles. The van der Waals surface area contributed by atoms with Gasteiger partial charge in [-0.05, 0) is 30.0 Å². The maximum absolute atomic E-state index is 11.8. The number of hydrogen-bond acceptors (Lipinski definition) is 4. The van der Waals surface area contributed by atoms with Crippen molar-refractivity contribution < 1.29 is 8.42 Å². The summed E-state index contributed by atoms with van der Waals surface area (Å²) < 4.78 is 27.5. The zero-order chi connectivity index (χ0) is 12.6. The molecule has 1 aromatic heterocycles. The van der Waals surface area contributed by atoms with E-state index in [1.54, 1.807) is 30.5 Å². The van der Waals surface area contributed by atoms with Gasteiger partial charge in [0.05, 0.1) is 4.90 Å². The smallest absolute Gasteiger partial charge is 0.250 e. The van der Waals surface area contributed by atoms with Crippen LogP contribution in [-0.2, 0) is 10.0 Å². The van der Waals surface area contributed by atoms with Crippen LogP contribution < -0.4 is 0 Å². The van der Waals surface area contributed by atoms with Crippen LogP contribution in [0.5, 0.6) is 0 Å². The van der Waals surface area contributed by atoms with Crippen LogP contribution in [0.4, 0.5) is 0 Å². The highest BCUT2D eigenvalue weighted by molar-refractivity contribution is 8.15. The highest BCUT2D eigenvalue weighted by Gasteiger charge is 2.28. The molecule has 3 rings (SSSR count). The largest absolute Gasteiger partial charge is 0.284 e. The summed E-state index contributed by atoms with van der Waals surface area (Å²) in [4.78, 5) is 4.42. The molecule has 0 fully saturated rings. The zero-order valence-electron chi connectivity index (χ0n) is 9.15. The lowest BCUT2D eigenvalue weighted by molar-refractivity contribution is 0.599. The molecular formula is C12H8N2O2S2. The molecule has 2 heterocycles. The maximum atomic E-state index is 11.8. The third-order valence-corrected chi connectivity index (χ3v) is 4.84. The van der Waals surface area contributed by atoms with E-state index in [-0.39, 0.29) is 4.90 Å². The summed E-state index contributed by atoms with van der Waals surface area (Å²) in [7, 11) is -3.54. The van der Waals surface area contributed by atoms with E-state index in [2.05, 4.69) is 9.38 Å². The van der Waals surface area contributed by atoms with Gasteiger partial charge in [0.1, 0.15) is 10.1 Å². The zero-order valence-corrected chi connectivity index (χ0v) is 10.8. The molecule has 0 amide bonds. The Bertz CT molecular complexity index is 725. The minimum absolute atomic E-state index is 0.267. The van der Waals surface area contributed by atoms with Gasteiger partial charge in [-0.2, -0.15) is 12.8 Å². The lowest BCUT2D eigenvalue weighted by Crippen LogP contribution is -1.93. The molecule has 0 spiro atoms. The fraction of sp³-hybridized carbons (Fsp3) is 0. The van der Waals surface area contributed by atoms with E-state index in [0.29, 0.717) is 10.6 Å². The van der Waals surface area contributed by atoms with E-state index < -0.39 is 10.0 Å². The number of thioether (sulfide) groups is 1. The van der Waals surface area contributed by atoms with Crippen molar-refractivity contribution in [2.24, 2.45) is 4.40 Å². The third kappa shape index (κ3) is 1.93. The SMILES string of the molecule is O=S1(=O)N=C(Sc2ccccn2)c2ccccc21. The van der Waals surface area contributed by atoms with Crippen LogP contribution in [0.1, 0.15) is 5.56 Å². The first-order valence-electron chi connectivity index (χ1n) is 5.20. The van der Waals surface area contributed by atoms with E-state index in [9.17, 15) is 8.42 Å². The molecule has 0 atom stereocenters. The number of benzene rings is 1. The van der Waals surface area contributed by atoms with Crippen LogP contribution in [0, 0.1) is 0 Å². The van der Waals surface area contributed by atoms with Crippen molar-refractivity contribution in [3.8, 4) is 0 Å². The van der Waals surface area contributed by atoms with Crippen molar-refractivity contribution >= 4 is 26.8 Å². The Morgan fingerprint density at radius 1 is 1.00 bits per heavy atom. The van der Waals surface area contributed by atoms with Crippen molar-refractivity contribution in [2.75, 3.05) is 0 Å². The Balaban J connectivity index is 2.05. The minimum atomic E-state index is -3.54. The molecule has 1 aromatic carbocycles. The fourth-order valence-electron chi connectivity index (χ4n) is 1.66. The topological polar surface area (TPSA) is 59.4 Å². The van der Waals surface area contributed by atoms with E-state index >= 15 is 0 Å². The van der Waals surface area contributed by atoms with E-state index in [1.165, 1.54) is 11.8 Å². The van der Waals surface area contributed by atoms with Crippen molar-refractivity contribution in [1.82, 2.24) is 4.98 Å². The average molecular weight is 276 g/mol. The van der Waals surface area contributed by atoms with Crippen LogP contribution in [0.15, 0.2) is 63.0 Å². The van der Waals surface area contributed by atoms with Gasteiger partial charge >= 0.3 is 0 Å². The highest BCUT2D eigenvalue weighted by Crippen LogP contribution is 2.33. The van der Waals surface area contributed by atoms with E-state index in [0.717, 1.165) is 5.03 Å². The summed E-state index contributed by atoms with van der Waals surface area (Å²) in [5, 5.41) is 1.20. The highest BCUT2D eigenvalue weighted by atomic mass is 32.2. The first-order chi connectivity index (χ1) is 8.67. The Kier molecular flexibility index (Phi) is 2.68. The number of hydrogen-bond donors (Lipinski definition) is 0. The summed E-state index contributed by atoms with van der Waals surface area (Å²) in [6.45, 7) is 0. The molecule has 90 valence electrons. The number of nitrogens with zero attached hydrogens (tertiary/aromatic N) is 2. The van der Waals surface area contributed by atoms with Crippen LogP contribution in [0.2, 0.25) is 0 Å². The number of sulfonamides is 1. The monoisotopic (exact) mass is 276 g/mol. The molecule has 18 heavy (non-hydrogen) atoms. The molecule has 1 aliphatic rings. The van der Waals surface area contributed by atoms with Gasteiger partial charge in [0.25, 0.3) is 10.0 Å². The van der Waals surface area contributed by atoms with Crippen molar-refractivity contribution in [3.05, 3.63) is 54.2 Å². The van der Waals surface area contributed by atoms with Gasteiger partial charge < -0.3 is 0 Å². The molecule has 2 aromatic rings. The summed E-state index contributed by atoms with van der Waals surface area (Å²) in [6.07, 6.45) is 1.66. The number of fused-ring (bicyclic) bond motifs is 1. The molecule has 0 bridgehead atoms. The normalized spacial score (nSPS) is 16.1. The van der Waals surface area contributed by atoms with Gasteiger partial charge in [-0.25, -0.2) is 4.98 Å². The van der Waals surface area contributed by atoms with Gasteiger partial charge in [-0.1, -0.05) is 24.3 Å². The molecule has 0 radical (unpaired) electrons. The maximum Gasteiger partial charge on any atom is 0.284 e. The second-order valence-electron chi connectivity index (χ2n) is 3.64. The summed E-state index contributed by atoms with van der Waals surface area (Å²) in [6, 6.07) is 12.3. The fourth-order valence-corrected chi connectivity index (χ4v) is 4.02. The second-order valence-corrected chi connectivity index (χ2v) is 6.22.